The molecule has 1 aromatic carbocycles. The highest BCUT2D eigenvalue weighted by Crippen LogP contribution is 2.22. The molecule has 110 valence electrons. The second-order valence-electron chi connectivity index (χ2n) is 4.49. The van der Waals surface area contributed by atoms with Gasteiger partial charge >= 0.3 is 11.6 Å². The molecule has 1 heterocycles. The molecular weight excluding hydrogens is 315 g/mol. The first-order valence-electron chi connectivity index (χ1n) is 6.11. The SMILES string of the molecule is Cc1cc(=O)oc(C)c1C(=O)OCc1ccc(Cl)cc1Cl. The summed E-state index contributed by atoms with van der Waals surface area (Å²) in [5, 5.41) is 0.926. The first kappa shape index (κ1) is 15.6. The lowest BCUT2D eigenvalue weighted by atomic mass is 10.1. The Morgan fingerprint density at radius 1 is 1.24 bits per heavy atom. The maximum atomic E-state index is 12.1. The van der Waals surface area contributed by atoms with Crippen LogP contribution in [0.15, 0.2) is 33.5 Å². The van der Waals surface area contributed by atoms with Gasteiger partial charge in [0, 0.05) is 21.7 Å². The maximum absolute atomic E-state index is 12.1. The second-order valence-corrected chi connectivity index (χ2v) is 5.34. The third-order valence-electron chi connectivity index (χ3n) is 2.91. The smallest absolute Gasteiger partial charge is 0.342 e. The summed E-state index contributed by atoms with van der Waals surface area (Å²) in [4.78, 5) is 23.3. The highest BCUT2D eigenvalue weighted by Gasteiger charge is 2.17. The van der Waals surface area contributed by atoms with E-state index in [2.05, 4.69) is 0 Å². The minimum atomic E-state index is -0.570. The van der Waals surface area contributed by atoms with Gasteiger partial charge in [0.2, 0.25) is 0 Å². The molecule has 0 saturated carbocycles. The zero-order valence-corrected chi connectivity index (χ0v) is 12.9. The first-order chi connectivity index (χ1) is 9.88. The third kappa shape index (κ3) is 3.65. The molecule has 0 amide bonds. The summed E-state index contributed by atoms with van der Waals surface area (Å²) in [5.41, 5.74) is 0.903. The topological polar surface area (TPSA) is 56.5 Å². The molecule has 0 spiro atoms. The van der Waals surface area contributed by atoms with Crippen molar-refractivity contribution in [1.82, 2.24) is 0 Å². The molecule has 0 fully saturated rings. The molecule has 0 unspecified atom stereocenters. The summed E-state index contributed by atoms with van der Waals surface area (Å²) < 4.78 is 10.1. The zero-order valence-electron chi connectivity index (χ0n) is 11.4. The molecule has 1 aromatic heterocycles. The molecule has 0 aliphatic rings. The van der Waals surface area contributed by atoms with Crippen molar-refractivity contribution in [3.8, 4) is 0 Å². The predicted molar refractivity (Wildman–Crippen MR) is 80.0 cm³/mol. The van der Waals surface area contributed by atoms with Gasteiger partial charge in [0.15, 0.2) is 0 Å². The molecule has 2 aromatic rings. The van der Waals surface area contributed by atoms with Gasteiger partial charge in [-0.3, -0.25) is 0 Å². The molecule has 0 atom stereocenters. The predicted octanol–water partition coefficient (Wildman–Crippen LogP) is 3.92. The van der Waals surface area contributed by atoms with Gasteiger partial charge in [0.05, 0.1) is 0 Å². The quantitative estimate of drug-likeness (QED) is 0.802. The van der Waals surface area contributed by atoms with Crippen LogP contribution < -0.4 is 5.63 Å². The summed E-state index contributed by atoms with van der Waals surface area (Å²) in [6.07, 6.45) is 0. The number of hydrogen-bond donors (Lipinski definition) is 0. The van der Waals surface area contributed by atoms with Gasteiger partial charge in [0.25, 0.3) is 0 Å². The minimum Gasteiger partial charge on any atom is -0.457 e. The summed E-state index contributed by atoms with van der Waals surface area (Å²) in [7, 11) is 0. The van der Waals surface area contributed by atoms with E-state index < -0.39 is 11.6 Å². The summed E-state index contributed by atoms with van der Waals surface area (Å²) in [6.45, 7) is 3.20. The van der Waals surface area contributed by atoms with Crippen molar-refractivity contribution in [2.24, 2.45) is 0 Å². The number of carbonyl (C=O) groups is 1. The van der Waals surface area contributed by atoms with E-state index in [-0.39, 0.29) is 17.9 Å². The maximum Gasteiger partial charge on any atom is 0.342 e. The van der Waals surface area contributed by atoms with E-state index in [1.54, 1.807) is 32.0 Å². The van der Waals surface area contributed by atoms with Crippen LogP contribution in [0.25, 0.3) is 0 Å². The van der Waals surface area contributed by atoms with Crippen molar-refractivity contribution in [2.75, 3.05) is 0 Å². The van der Waals surface area contributed by atoms with E-state index >= 15 is 0 Å². The van der Waals surface area contributed by atoms with E-state index in [0.29, 0.717) is 21.2 Å². The molecule has 0 bridgehead atoms. The average molecular weight is 327 g/mol. The van der Waals surface area contributed by atoms with Crippen LogP contribution in [0.4, 0.5) is 0 Å². The fourth-order valence-corrected chi connectivity index (χ4v) is 2.38. The molecule has 4 nitrogen and oxygen atoms in total. The van der Waals surface area contributed by atoms with Crippen molar-refractivity contribution in [2.45, 2.75) is 20.5 Å². The first-order valence-corrected chi connectivity index (χ1v) is 6.86. The largest absolute Gasteiger partial charge is 0.457 e. The molecule has 0 radical (unpaired) electrons. The molecule has 21 heavy (non-hydrogen) atoms. The Morgan fingerprint density at radius 3 is 2.57 bits per heavy atom. The van der Waals surface area contributed by atoms with Crippen LogP contribution in [0.2, 0.25) is 10.0 Å². The Labute approximate surface area is 131 Å². The van der Waals surface area contributed by atoms with Crippen LogP contribution in [0.5, 0.6) is 0 Å². The minimum absolute atomic E-state index is 0.00679. The lowest BCUT2D eigenvalue weighted by Crippen LogP contribution is -2.13. The van der Waals surface area contributed by atoms with Crippen molar-refractivity contribution in [1.29, 1.82) is 0 Å². The van der Waals surface area contributed by atoms with Crippen LogP contribution in [0.1, 0.15) is 27.2 Å². The Morgan fingerprint density at radius 2 is 1.95 bits per heavy atom. The second kappa shape index (κ2) is 6.33. The van der Waals surface area contributed by atoms with Crippen molar-refractivity contribution in [3.63, 3.8) is 0 Å². The Hall–Kier alpha value is -1.78. The van der Waals surface area contributed by atoms with Gasteiger partial charge in [0.1, 0.15) is 17.9 Å². The Kier molecular flexibility index (Phi) is 4.70. The molecule has 0 aliphatic heterocycles. The van der Waals surface area contributed by atoms with Crippen molar-refractivity contribution >= 4 is 29.2 Å². The van der Waals surface area contributed by atoms with Crippen LogP contribution in [-0.4, -0.2) is 5.97 Å². The fraction of sp³-hybridized carbons (Fsp3) is 0.200. The molecule has 6 heteroatoms. The highest BCUT2D eigenvalue weighted by atomic mass is 35.5. The summed E-state index contributed by atoms with van der Waals surface area (Å²) in [6, 6.07) is 6.17. The number of rotatable bonds is 3. The van der Waals surface area contributed by atoms with Crippen LogP contribution in [-0.2, 0) is 11.3 Å². The van der Waals surface area contributed by atoms with Gasteiger partial charge in [-0.15, -0.1) is 0 Å². The number of hydrogen-bond acceptors (Lipinski definition) is 4. The number of halogens is 2. The van der Waals surface area contributed by atoms with Crippen molar-refractivity contribution in [3.05, 3.63) is 67.2 Å². The fourth-order valence-electron chi connectivity index (χ4n) is 1.92. The molecule has 0 N–H and O–H groups in total. The van der Waals surface area contributed by atoms with E-state index in [4.69, 9.17) is 32.4 Å². The van der Waals surface area contributed by atoms with Gasteiger partial charge in [-0.05, 0) is 31.5 Å². The van der Waals surface area contributed by atoms with Gasteiger partial charge in [-0.1, -0.05) is 29.3 Å². The van der Waals surface area contributed by atoms with E-state index in [1.165, 1.54) is 6.07 Å². The summed E-state index contributed by atoms with van der Waals surface area (Å²) >= 11 is 11.8. The van der Waals surface area contributed by atoms with E-state index in [0.717, 1.165) is 0 Å². The van der Waals surface area contributed by atoms with Gasteiger partial charge < -0.3 is 9.15 Å². The van der Waals surface area contributed by atoms with Crippen LogP contribution in [0, 0.1) is 13.8 Å². The lowest BCUT2D eigenvalue weighted by molar-refractivity contribution is 0.0467. The van der Waals surface area contributed by atoms with E-state index in [1.807, 2.05) is 0 Å². The normalized spacial score (nSPS) is 10.5. The number of carbonyl (C=O) groups excluding carboxylic acids is 1. The number of aryl methyl sites for hydroxylation is 2. The lowest BCUT2D eigenvalue weighted by Gasteiger charge is -2.09. The number of benzene rings is 1. The molecule has 0 saturated heterocycles. The molecule has 0 aliphatic carbocycles. The Bertz CT molecular complexity index is 724. The average Bonchev–Trinajstić information content (AvgIpc) is 2.36. The summed E-state index contributed by atoms with van der Waals surface area (Å²) in [5.74, 6) is -0.341. The number of ether oxygens (including phenoxy) is 1. The zero-order chi connectivity index (χ0) is 15.6. The van der Waals surface area contributed by atoms with Crippen LogP contribution in [0.3, 0.4) is 0 Å². The molecular formula is C15H12Cl2O4. The van der Waals surface area contributed by atoms with Crippen molar-refractivity contribution < 1.29 is 13.9 Å². The third-order valence-corrected chi connectivity index (χ3v) is 3.50. The van der Waals surface area contributed by atoms with E-state index in [9.17, 15) is 9.59 Å². The highest BCUT2D eigenvalue weighted by molar-refractivity contribution is 6.35. The monoisotopic (exact) mass is 326 g/mol. The van der Waals surface area contributed by atoms with Gasteiger partial charge in [-0.25, -0.2) is 9.59 Å². The van der Waals surface area contributed by atoms with Gasteiger partial charge in [-0.2, -0.15) is 0 Å². The number of esters is 1. The van der Waals surface area contributed by atoms with Crippen LogP contribution >= 0.6 is 23.2 Å². The Balaban J connectivity index is 2.17. The molecule has 2 rings (SSSR count). The standard InChI is InChI=1S/C15H12Cl2O4/c1-8-5-13(18)21-9(2)14(8)15(19)20-7-10-3-4-11(16)6-12(10)17/h3-6H,7H2,1-2H3.